The molecule has 1 aliphatic heterocycles. The van der Waals surface area contributed by atoms with Gasteiger partial charge in [-0.3, -0.25) is 14.9 Å². The van der Waals surface area contributed by atoms with Crippen molar-refractivity contribution in [2.45, 2.75) is 24.9 Å². The number of aliphatic hydroxyl groups is 1. The van der Waals surface area contributed by atoms with Crippen molar-refractivity contribution in [2.75, 3.05) is 18.0 Å². The molecule has 5 heteroatoms. The van der Waals surface area contributed by atoms with Gasteiger partial charge >= 0.3 is 0 Å². The number of piperazine rings is 1. The van der Waals surface area contributed by atoms with E-state index in [4.69, 9.17) is 0 Å². The first-order chi connectivity index (χ1) is 9.06. The summed E-state index contributed by atoms with van der Waals surface area (Å²) >= 11 is 0. The molecule has 2 N–H and O–H groups in total. The second kappa shape index (κ2) is 4.35. The van der Waals surface area contributed by atoms with E-state index in [9.17, 15) is 14.7 Å². The number of carbonyl (C=O) groups excluding carboxylic acids is 2. The molecular weight excluding hydrogens is 244 g/mol. The molecular formula is C14H16N2O3. The van der Waals surface area contributed by atoms with Crippen molar-refractivity contribution in [3.05, 3.63) is 29.8 Å². The fourth-order valence-electron chi connectivity index (χ4n) is 2.45. The van der Waals surface area contributed by atoms with Gasteiger partial charge in [0.25, 0.3) is 0 Å². The van der Waals surface area contributed by atoms with Crippen LogP contribution in [0.4, 0.5) is 5.69 Å². The Morgan fingerprint density at radius 1 is 1.16 bits per heavy atom. The average molecular weight is 260 g/mol. The van der Waals surface area contributed by atoms with Crippen LogP contribution in [0.5, 0.6) is 0 Å². The number of carbonyl (C=O) groups is 2. The van der Waals surface area contributed by atoms with E-state index in [1.54, 1.807) is 4.90 Å². The highest BCUT2D eigenvalue weighted by Crippen LogP contribution is 2.40. The summed E-state index contributed by atoms with van der Waals surface area (Å²) in [4.78, 5) is 24.7. The first-order valence-corrected chi connectivity index (χ1v) is 6.44. The third-order valence-corrected chi connectivity index (χ3v) is 3.63. The number of rotatable bonds is 3. The molecule has 2 amide bonds. The third kappa shape index (κ3) is 2.61. The van der Waals surface area contributed by atoms with Crippen LogP contribution in [0.15, 0.2) is 24.3 Å². The molecule has 1 aromatic carbocycles. The summed E-state index contributed by atoms with van der Waals surface area (Å²) in [5.41, 5.74) is 1.27. The number of amides is 2. The SMILES string of the molecule is O=C1CN(c2ccccc2CC2(O)CC2)CC(=O)N1. The fraction of sp³-hybridized carbons (Fsp3) is 0.429. The van der Waals surface area contributed by atoms with Crippen LogP contribution in [0, 0.1) is 0 Å². The van der Waals surface area contributed by atoms with E-state index in [0.717, 1.165) is 24.1 Å². The van der Waals surface area contributed by atoms with Crippen LogP contribution >= 0.6 is 0 Å². The molecule has 0 spiro atoms. The lowest BCUT2D eigenvalue weighted by molar-refractivity contribution is -0.130. The van der Waals surface area contributed by atoms with Crippen LogP contribution in [-0.4, -0.2) is 35.6 Å². The summed E-state index contributed by atoms with van der Waals surface area (Å²) < 4.78 is 0. The van der Waals surface area contributed by atoms with Crippen LogP contribution < -0.4 is 10.2 Å². The Balaban J connectivity index is 1.86. The van der Waals surface area contributed by atoms with Gasteiger partial charge in [0.05, 0.1) is 18.7 Å². The highest BCUT2D eigenvalue weighted by Gasteiger charge is 2.41. The van der Waals surface area contributed by atoms with E-state index in [1.807, 2.05) is 24.3 Å². The first kappa shape index (κ1) is 12.2. The lowest BCUT2D eigenvalue weighted by atomic mass is 10.0. The Hall–Kier alpha value is -1.88. The molecule has 19 heavy (non-hydrogen) atoms. The predicted molar refractivity (Wildman–Crippen MR) is 69.7 cm³/mol. The molecule has 3 rings (SSSR count). The van der Waals surface area contributed by atoms with Gasteiger partial charge in [-0.2, -0.15) is 0 Å². The highest BCUT2D eigenvalue weighted by molar-refractivity contribution is 6.02. The van der Waals surface area contributed by atoms with Crippen molar-refractivity contribution in [1.82, 2.24) is 5.32 Å². The Kier molecular flexibility index (Phi) is 2.78. The van der Waals surface area contributed by atoms with Gasteiger partial charge in [0.15, 0.2) is 0 Å². The minimum absolute atomic E-state index is 0.182. The van der Waals surface area contributed by atoms with Gasteiger partial charge in [0, 0.05) is 12.1 Å². The van der Waals surface area contributed by atoms with E-state index < -0.39 is 5.60 Å². The summed E-state index contributed by atoms with van der Waals surface area (Å²) in [7, 11) is 0. The molecule has 1 aliphatic carbocycles. The lowest BCUT2D eigenvalue weighted by Gasteiger charge is -2.29. The van der Waals surface area contributed by atoms with E-state index >= 15 is 0 Å². The molecule has 2 aliphatic rings. The smallest absolute Gasteiger partial charge is 0.246 e. The highest BCUT2D eigenvalue weighted by atomic mass is 16.3. The number of benzene rings is 1. The number of para-hydroxylation sites is 1. The number of hydrogen-bond acceptors (Lipinski definition) is 4. The van der Waals surface area contributed by atoms with E-state index in [1.165, 1.54) is 0 Å². The predicted octanol–water partition coefficient (Wildman–Crippen LogP) is 0.217. The topological polar surface area (TPSA) is 69.6 Å². The molecule has 0 aromatic heterocycles. The molecule has 5 nitrogen and oxygen atoms in total. The monoisotopic (exact) mass is 260 g/mol. The minimum atomic E-state index is -0.585. The molecule has 0 unspecified atom stereocenters. The Morgan fingerprint density at radius 2 is 1.79 bits per heavy atom. The number of anilines is 1. The van der Waals surface area contributed by atoms with Crippen LogP contribution in [0.2, 0.25) is 0 Å². The van der Waals surface area contributed by atoms with Crippen molar-refractivity contribution in [1.29, 1.82) is 0 Å². The maximum atomic E-state index is 11.4. The van der Waals surface area contributed by atoms with Gasteiger partial charge in [-0.1, -0.05) is 18.2 Å². The Labute approximate surface area is 111 Å². The molecule has 0 radical (unpaired) electrons. The van der Waals surface area contributed by atoms with Gasteiger partial charge in [-0.25, -0.2) is 0 Å². The molecule has 1 heterocycles. The van der Waals surface area contributed by atoms with E-state index in [-0.39, 0.29) is 24.9 Å². The van der Waals surface area contributed by atoms with Crippen molar-refractivity contribution in [3.63, 3.8) is 0 Å². The van der Waals surface area contributed by atoms with Gasteiger partial charge in [-0.05, 0) is 24.5 Å². The molecule has 1 saturated carbocycles. The van der Waals surface area contributed by atoms with Crippen molar-refractivity contribution in [3.8, 4) is 0 Å². The molecule has 2 fully saturated rings. The molecule has 0 atom stereocenters. The zero-order valence-corrected chi connectivity index (χ0v) is 10.6. The number of nitrogens with zero attached hydrogens (tertiary/aromatic N) is 1. The first-order valence-electron chi connectivity index (χ1n) is 6.44. The van der Waals surface area contributed by atoms with Gasteiger partial charge in [0.2, 0.25) is 11.8 Å². The quantitative estimate of drug-likeness (QED) is 0.763. The standard InChI is InChI=1S/C14H16N2O3/c17-12-8-16(9-13(18)15-12)11-4-2-1-3-10(11)7-14(19)5-6-14/h1-4,19H,5-9H2,(H,15,17,18). The van der Waals surface area contributed by atoms with E-state index in [2.05, 4.69) is 5.32 Å². The molecule has 1 saturated heterocycles. The van der Waals surface area contributed by atoms with Crippen LogP contribution in [0.3, 0.4) is 0 Å². The summed E-state index contributed by atoms with van der Waals surface area (Å²) in [5, 5.41) is 12.3. The fourth-order valence-corrected chi connectivity index (χ4v) is 2.45. The Bertz CT molecular complexity index is 521. The molecule has 100 valence electrons. The van der Waals surface area contributed by atoms with E-state index in [0.29, 0.717) is 6.42 Å². The molecule has 0 bridgehead atoms. The zero-order valence-electron chi connectivity index (χ0n) is 10.6. The van der Waals surface area contributed by atoms with Gasteiger partial charge in [-0.15, -0.1) is 0 Å². The second-order valence-corrected chi connectivity index (χ2v) is 5.36. The maximum absolute atomic E-state index is 11.4. The van der Waals surface area contributed by atoms with Crippen molar-refractivity contribution < 1.29 is 14.7 Å². The van der Waals surface area contributed by atoms with Crippen LogP contribution in [0.1, 0.15) is 18.4 Å². The average Bonchev–Trinajstić information content (AvgIpc) is 3.06. The van der Waals surface area contributed by atoms with Gasteiger partial charge < -0.3 is 10.0 Å². The summed E-state index contributed by atoms with van der Waals surface area (Å²) in [6, 6.07) is 7.64. The number of imide groups is 1. The minimum Gasteiger partial charge on any atom is -0.390 e. The zero-order chi connectivity index (χ0) is 13.5. The van der Waals surface area contributed by atoms with Crippen LogP contribution in [0.25, 0.3) is 0 Å². The summed E-state index contributed by atoms with van der Waals surface area (Å²) in [6.07, 6.45) is 2.22. The lowest BCUT2D eigenvalue weighted by Crippen LogP contribution is -2.51. The normalized spacial score (nSPS) is 21.2. The number of nitrogens with one attached hydrogen (secondary N) is 1. The maximum Gasteiger partial charge on any atom is 0.246 e. The van der Waals surface area contributed by atoms with Gasteiger partial charge in [0.1, 0.15) is 0 Å². The number of hydrogen-bond donors (Lipinski definition) is 2. The Morgan fingerprint density at radius 3 is 2.42 bits per heavy atom. The largest absolute Gasteiger partial charge is 0.390 e. The summed E-state index contributed by atoms with van der Waals surface area (Å²) in [5.74, 6) is -0.563. The second-order valence-electron chi connectivity index (χ2n) is 5.36. The summed E-state index contributed by atoms with van der Waals surface area (Å²) in [6.45, 7) is 0.363. The third-order valence-electron chi connectivity index (χ3n) is 3.63. The van der Waals surface area contributed by atoms with Crippen molar-refractivity contribution >= 4 is 17.5 Å². The van der Waals surface area contributed by atoms with Crippen LogP contribution in [-0.2, 0) is 16.0 Å². The molecule has 1 aromatic rings. The van der Waals surface area contributed by atoms with Crippen molar-refractivity contribution in [2.24, 2.45) is 0 Å².